The predicted molar refractivity (Wildman–Crippen MR) is 152 cm³/mol. The second-order valence-corrected chi connectivity index (χ2v) is 9.99. The Balaban J connectivity index is 1.45. The fourth-order valence-corrected chi connectivity index (χ4v) is 4.99. The maximum absolute atomic E-state index is 13.3. The molecule has 3 atom stereocenters. The van der Waals surface area contributed by atoms with E-state index in [0.29, 0.717) is 6.42 Å². The van der Waals surface area contributed by atoms with Crippen molar-refractivity contribution in [1.82, 2.24) is 10.6 Å². The van der Waals surface area contributed by atoms with Crippen LogP contribution in [0.4, 0.5) is 4.79 Å². The number of ether oxygens (including phenoxy) is 2. The number of carboxylic acid groups (broad SMARTS) is 1. The first-order valence-corrected chi connectivity index (χ1v) is 13.7. The summed E-state index contributed by atoms with van der Waals surface area (Å²) in [6.07, 6.45) is 0.174. The molecule has 0 spiro atoms. The summed E-state index contributed by atoms with van der Waals surface area (Å²) < 4.78 is 11.6. The van der Waals surface area contributed by atoms with Gasteiger partial charge in [0.15, 0.2) is 0 Å². The molecule has 1 aliphatic rings. The van der Waals surface area contributed by atoms with Crippen LogP contribution in [0, 0.1) is 0 Å². The van der Waals surface area contributed by atoms with Gasteiger partial charge in [0.1, 0.15) is 18.7 Å². The third-order valence-corrected chi connectivity index (χ3v) is 7.19. The number of carboxylic acids is 1. The quantitative estimate of drug-likeness (QED) is 0.271. The van der Waals surface area contributed by atoms with Crippen molar-refractivity contribution < 1.29 is 29.0 Å². The van der Waals surface area contributed by atoms with Gasteiger partial charge in [-0.1, -0.05) is 98.6 Å². The van der Waals surface area contributed by atoms with Crippen LogP contribution in [0.2, 0.25) is 0 Å². The number of alkyl carbamates (subject to hydrolysis) is 1. The van der Waals surface area contributed by atoms with Gasteiger partial charge < -0.3 is 25.2 Å². The summed E-state index contributed by atoms with van der Waals surface area (Å²) in [7, 11) is 0. The lowest BCUT2D eigenvalue weighted by molar-refractivity contribution is -0.143. The Labute approximate surface area is 234 Å². The van der Waals surface area contributed by atoms with Crippen molar-refractivity contribution in [1.29, 1.82) is 0 Å². The zero-order valence-electron chi connectivity index (χ0n) is 22.8. The first kappa shape index (κ1) is 28.8. The van der Waals surface area contributed by atoms with E-state index in [1.165, 1.54) is 0 Å². The van der Waals surface area contributed by atoms with Crippen molar-refractivity contribution in [3.05, 3.63) is 95.6 Å². The number of benzene rings is 3. The van der Waals surface area contributed by atoms with Crippen LogP contribution in [0.3, 0.4) is 0 Å². The zero-order valence-corrected chi connectivity index (χ0v) is 22.8. The highest BCUT2D eigenvalue weighted by Gasteiger charge is 2.33. The number of amides is 2. The molecule has 0 fully saturated rings. The summed E-state index contributed by atoms with van der Waals surface area (Å²) in [5, 5.41) is 14.8. The summed E-state index contributed by atoms with van der Waals surface area (Å²) in [5.74, 6) is -1.90. The lowest BCUT2D eigenvalue weighted by Gasteiger charge is -2.26. The van der Waals surface area contributed by atoms with Gasteiger partial charge in [-0.2, -0.15) is 0 Å². The van der Waals surface area contributed by atoms with E-state index in [1.807, 2.05) is 73.7 Å². The number of aliphatic carboxylic acids is 1. The van der Waals surface area contributed by atoms with Crippen LogP contribution in [-0.2, 0) is 25.7 Å². The number of unbranched alkanes of at least 4 members (excludes halogenated alkanes) is 1. The second kappa shape index (κ2) is 13.8. The molecule has 0 saturated carbocycles. The summed E-state index contributed by atoms with van der Waals surface area (Å²) in [6, 6.07) is 23.3. The largest absolute Gasteiger partial charge is 0.480 e. The van der Waals surface area contributed by atoms with E-state index < -0.39 is 36.2 Å². The van der Waals surface area contributed by atoms with Gasteiger partial charge in [-0.25, -0.2) is 9.59 Å². The van der Waals surface area contributed by atoms with Crippen LogP contribution in [-0.4, -0.2) is 47.9 Å². The summed E-state index contributed by atoms with van der Waals surface area (Å²) in [6.45, 7) is 3.92. The molecule has 8 heteroatoms. The molecule has 3 aromatic carbocycles. The number of hydrogen-bond acceptors (Lipinski definition) is 5. The molecule has 0 aliphatic heterocycles. The predicted octanol–water partition coefficient (Wildman–Crippen LogP) is 5.26. The van der Waals surface area contributed by atoms with Gasteiger partial charge in [-0.15, -0.1) is 0 Å². The van der Waals surface area contributed by atoms with E-state index in [4.69, 9.17) is 9.47 Å². The average Bonchev–Trinajstić information content (AvgIpc) is 3.29. The number of fused-ring (bicyclic) bond motifs is 3. The Bertz CT molecular complexity index is 1270. The lowest BCUT2D eigenvalue weighted by Crippen LogP contribution is -2.56. The third kappa shape index (κ3) is 7.07. The smallest absolute Gasteiger partial charge is 0.407 e. The van der Waals surface area contributed by atoms with Gasteiger partial charge in [0.05, 0.1) is 12.7 Å². The van der Waals surface area contributed by atoms with Crippen LogP contribution >= 0.6 is 0 Å². The lowest BCUT2D eigenvalue weighted by atomic mass is 9.98. The minimum absolute atomic E-state index is 0.0850. The van der Waals surface area contributed by atoms with Crippen molar-refractivity contribution in [2.75, 3.05) is 6.61 Å². The Morgan fingerprint density at radius 3 is 2.08 bits per heavy atom. The molecule has 1 aliphatic carbocycles. The maximum atomic E-state index is 13.3. The van der Waals surface area contributed by atoms with Gasteiger partial charge in [-0.3, -0.25) is 4.79 Å². The van der Waals surface area contributed by atoms with Crippen molar-refractivity contribution in [2.24, 2.45) is 0 Å². The highest BCUT2D eigenvalue weighted by atomic mass is 16.5. The van der Waals surface area contributed by atoms with Gasteiger partial charge >= 0.3 is 12.1 Å². The average molecular weight is 545 g/mol. The first-order chi connectivity index (χ1) is 19.4. The maximum Gasteiger partial charge on any atom is 0.407 e. The number of rotatable bonds is 13. The van der Waals surface area contributed by atoms with E-state index in [0.717, 1.165) is 34.2 Å². The van der Waals surface area contributed by atoms with E-state index in [2.05, 4.69) is 22.8 Å². The molecule has 4 rings (SSSR count). The molecule has 0 saturated heterocycles. The van der Waals surface area contributed by atoms with Crippen molar-refractivity contribution in [3.8, 4) is 11.1 Å². The minimum atomic E-state index is -1.16. The Morgan fingerprint density at radius 2 is 1.48 bits per heavy atom. The summed E-state index contributed by atoms with van der Waals surface area (Å²) in [4.78, 5) is 38.1. The Morgan fingerprint density at radius 1 is 0.875 bits per heavy atom. The number of nitrogens with one attached hydrogen (secondary N) is 2. The molecule has 3 N–H and O–H groups in total. The van der Waals surface area contributed by atoms with E-state index in [-0.39, 0.29) is 25.6 Å². The van der Waals surface area contributed by atoms with Gasteiger partial charge in [0, 0.05) is 5.92 Å². The Hall–Kier alpha value is -4.17. The SMILES string of the molecule is CCCC[C@H](NC(=O)[C@H](NC(=O)OCC1c2ccccc2-c2ccccc21)[C@H](C)OCc1ccccc1)C(=O)O. The number of carbonyl (C=O) groups excluding carboxylic acids is 2. The third-order valence-electron chi connectivity index (χ3n) is 7.19. The molecule has 210 valence electrons. The van der Waals surface area contributed by atoms with Crippen molar-refractivity contribution in [2.45, 2.75) is 63.8 Å². The second-order valence-electron chi connectivity index (χ2n) is 9.99. The highest BCUT2D eigenvalue weighted by Crippen LogP contribution is 2.44. The summed E-state index contributed by atoms with van der Waals surface area (Å²) in [5.41, 5.74) is 5.27. The van der Waals surface area contributed by atoms with Crippen LogP contribution in [0.25, 0.3) is 11.1 Å². The molecule has 0 radical (unpaired) electrons. The molecule has 0 bridgehead atoms. The highest BCUT2D eigenvalue weighted by molar-refractivity contribution is 5.89. The normalized spacial score (nSPS) is 14.3. The van der Waals surface area contributed by atoms with Gasteiger partial charge in [0.2, 0.25) is 5.91 Å². The molecule has 0 heterocycles. The summed E-state index contributed by atoms with van der Waals surface area (Å²) >= 11 is 0. The standard InChI is InChI=1S/C32H36N2O6/c1-3-4-18-28(31(36)37)33-30(35)29(21(2)39-19-22-12-6-5-7-13-22)34-32(38)40-20-27-25-16-10-8-14-23(25)24-15-9-11-17-26(24)27/h5-17,21,27-29H,3-4,18-20H2,1-2H3,(H,33,35)(H,34,38)(H,36,37)/t21-,28-,29+/m0/s1. The number of hydrogen-bond donors (Lipinski definition) is 3. The zero-order chi connectivity index (χ0) is 28.5. The molecular formula is C32H36N2O6. The molecule has 8 nitrogen and oxygen atoms in total. The Kier molecular flexibility index (Phi) is 9.91. The van der Waals surface area contributed by atoms with Crippen LogP contribution in [0.5, 0.6) is 0 Å². The van der Waals surface area contributed by atoms with Gasteiger partial charge in [0.25, 0.3) is 0 Å². The first-order valence-electron chi connectivity index (χ1n) is 13.7. The molecule has 0 aromatic heterocycles. The minimum Gasteiger partial charge on any atom is -0.480 e. The fraction of sp³-hybridized carbons (Fsp3) is 0.344. The topological polar surface area (TPSA) is 114 Å². The van der Waals surface area contributed by atoms with E-state index in [1.54, 1.807) is 6.92 Å². The molecular weight excluding hydrogens is 508 g/mol. The fourth-order valence-electron chi connectivity index (χ4n) is 4.99. The van der Waals surface area contributed by atoms with Crippen LogP contribution in [0.1, 0.15) is 55.7 Å². The molecule has 0 unspecified atom stereocenters. The molecule has 2 amide bonds. The van der Waals surface area contributed by atoms with Gasteiger partial charge in [-0.05, 0) is 41.2 Å². The van der Waals surface area contributed by atoms with E-state index in [9.17, 15) is 19.5 Å². The number of carbonyl (C=O) groups is 3. The monoisotopic (exact) mass is 544 g/mol. The van der Waals surface area contributed by atoms with Crippen molar-refractivity contribution >= 4 is 18.0 Å². The van der Waals surface area contributed by atoms with Crippen LogP contribution in [0.15, 0.2) is 78.9 Å². The molecule has 40 heavy (non-hydrogen) atoms. The van der Waals surface area contributed by atoms with Crippen LogP contribution < -0.4 is 10.6 Å². The molecule has 3 aromatic rings. The van der Waals surface area contributed by atoms with E-state index >= 15 is 0 Å². The van der Waals surface area contributed by atoms with Crippen molar-refractivity contribution in [3.63, 3.8) is 0 Å².